The molecule has 0 bridgehead atoms. The van der Waals surface area contributed by atoms with E-state index in [1.54, 1.807) is 0 Å². The summed E-state index contributed by atoms with van der Waals surface area (Å²) in [5.74, 6) is -0.308. The molecule has 256 valence electrons. The minimum absolute atomic E-state index is 0.0571. The van der Waals surface area contributed by atoms with Gasteiger partial charge in [0.05, 0.1) is 23.7 Å². The molecule has 0 aromatic heterocycles. The number of hydrogen-bond donors (Lipinski definition) is 6. The van der Waals surface area contributed by atoms with Crippen molar-refractivity contribution in [1.29, 1.82) is 0 Å². The van der Waals surface area contributed by atoms with Crippen LogP contribution in [-0.2, 0) is 14.3 Å². The Hall–Kier alpha value is -1.07. The maximum Gasteiger partial charge on any atom is 0.315 e. The van der Waals surface area contributed by atoms with Gasteiger partial charge in [-0.2, -0.15) is 0 Å². The number of aliphatic hydroxyl groups excluding tert-OH is 5. The van der Waals surface area contributed by atoms with Gasteiger partial charge in [-0.1, -0.05) is 53.2 Å². The standard InChI is InChI=1S/C36H58O9/c1-19-10-15-36(30(42)45-29-27(41)26(40)25(39)21(18-37)44-29)17-16-33(5)20(28(36)35(19,7)43)8-9-23-32(4)13-12-24(38)31(2,3)22(32)11-14-34(23,33)6/h8,19,21-29,37-41,43H,9-18H2,1-7H3/t19?,21?,22?,23?,24?,25?,26?,27?,28?,29?,32-,33+,34+,35+,36-/m0/s1. The second kappa shape index (κ2) is 10.7. The molecule has 0 aromatic rings. The first kappa shape index (κ1) is 33.8. The Labute approximate surface area is 268 Å². The van der Waals surface area contributed by atoms with Gasteiger partial charge in [-0.15, -0.1) is 0 Å². The number of fused-ring (bicyclic) bond motifs is 7. The minimum atomic E-state index is -1.68. The fourth-order valence-electron chi connectivity index (χ4n) is 12.2. The Morgan fingerprint density at radius 1 is 0.889 bits per heavy atom. The predicted octanol–water partition coefficient (Wildman–Crippen LogP) is 3.46. The summed E-state index contributed by atoms with van der Waals surface area (Å²) < 4.78 is 11.5. The van der Waals surface area contributed by atoms with E-state index in [0.29, 0.717) is 31.1 Å². The lowest BCUT2D eigenvalue weighted by molar-refractivity contribution is -0.299. The molecule has 0 spiro atoms. The molecule has 15 atom stereocenters. The summed E-state index contributed by atoms with van der Waals surface area (Å²) in [6.07, 6.45) is 1.59. The first-order valence-electron chi connectivity index (χ1n) is 17.5. The van der Waals surface area contributed by atoms with Crippen molar-refractivity contribution in [2.24, 2.45) is 50.7 Å². The summed E-state index contributed by atoms with van der Waals surface area (Å²) in [5, 5.41) is 64.4. The Kier molecular flexibility index (Phi) is 8.05. The van der Waals surface area contributed by atoms with Gasteiger partial charge in [0, 0.05) is 5.92 Å². The molecule has 1 heterocycles. The zero-order chi connectivity index (χ0) is 33.1. The van der Waals surface area contributed by atoms with Crippen LogP contribution in [-0.4, -0.2) is 85.6 Å². The van der Waals surface area contributed by atoms with Crippen molar-refractivity contribution in [3.05, 3.63) is 11.6 Å². The molecule has 4 saturated carbocycles. The van der Waals surface area contributed by atoms with Crippen LogP contribution in [0.15, 0.2) is 11.6 Å². The minimum Gasteiger partial charge on any atom is -0.432 e. The molecule has 0 radical (unpaired) electrons. The van der Waals surface area contributed by atoms with Crippen LogP contribution in [0.25, 0.3) is 0 Å². The van der Waals surface area contributed by atoms with Crippen molar-refractivity contribution in [2.45, 2.75) is 149 Å². The summed E-state index contributed by atoms with van der Waals surface area (Å²) >= 11 is 0. The highest BCUT2D eigenvalue weighted by molar-refractivity contribution is 5.79. The van der Waals surface area contributed by atoms with Gasteiger partial charge >= 0.3 is 5.97 Å². The van der Waals surface area contributed by atoms with E-state index in [1.807, 2.05) is 13.8 Å². The number of esters is 1. The molecular formula is C36H58O9. The van der Waals surface area contributed by atoms with E-state index in [-0.39, 0.29) is 33.7 Å². The highest BCUT2D eigenvalue weighted by Gasteiger charge is 2.71. The molecule has 5 aliphatic carbocycles. The van der Waals surface area contributed by atoms with Gasteiger partial charge < -0.3 is 40.1 Å². The third kappa shape index (κ3) is 4.39. The van der Waals surface area contributed by atoms with Gasteiger partial charge in [0.25, 0.3) is 0 Å². The first-order chi connectivity index (χ1) is 20.8. The van der Waals surface area contributed by atoms with Crippen molar-refractivity contribution in [3.63, 3.8) is 0 Å². The molecule has 6 aliphatic rings. The van der Waals surface area contributed by atoms with Gasteiger partial charge in [-0.05, 0) is 104 Å². The smallest absolute Gasteiger partial charge is 0.315 e. The molecule has 0 amide bonds. The monoisotopic (exact) mass is 634 g/mol. The number of hydrogen-bond acceptors (Lipinski definition) is 9. The number of carbonyl (C=O) groups excluding carboxylic acids is 1. The molecule has 0 aromatic carbocycles. The average Bonchev–Trinajstić information content (AvgIpc) is 2.97. The molecule has 6 N–H and O–H groups in total. The van der Waals surface area contributed by atoms with Crippen LogP contribution >= 0.6 is 0 Å². The second-order valence-corrected chi connectivity index (χ2v) is 17.5. The normalized spacial score (nSPS) is 55.7. The average molecular weight is 635 g/mol. The number of rotatable bonds is 3. The fourth-order valence-corrected chi connectivity index (χ4v) is 12.2. The highest BCUT2D eigenvalue weighted by Crippen LogP contribution is 2.76. The third-order valence-corrected chi connectivity index (χ3v) is 15.5. The molecule has 5 fully saturated rings. The van der Waals surface area contributed by atoms with E-state index in [9.17, 15) is 35.4 Å². The van der Waals surface area contributed by atoms with Gasteiger partial charge in [0.1, 0.15) is 24.4 Å². The third-order valence-electron chi connectivity index (χ3n) is 15.5. The van der Waals surface area contributed by atoms with Crippen molar-refractivity contribution in [2.75, 3.05) is 6.61 Å². The molecule has 6 rings (SSSR count). The fraction of sp³-hybridized carbons (Fsp3) is 0.917. The van der Waals surface area contributed by atoms with E-state index >= 15 is 0 Å². The molecule has 9 heteroatoms. The number of aliphatic hydroxyl groups is 6. The van der Waals surface area contributed by atoms with Gasteiger partial charge in [-0.25, -0.2) is 0 Å². The highest BCUT2D eigenvalue weighted by atomic mass is 16.7. The van der Waals surface area contributed by atoms with E-state index in [4.69, 9.17) is 9.47 Å². The molecular weight excluding hydrogens is 576 g/mol. The Balaban J connectivity index is 1.39. The zero-order valence-electron chi connectivity index (χ0n) is 28.3. The van der Waals surface area contributed by atoms with Gasteiger partial charge in [-0.3, -0.25) is 4.79 Å². The summed E-state index contributed by atoms with van der Waals surface area (Å²) in [6, 6.07) is 0. The predicted molar refractivity (Wildman–Crippen MR) is 166 cm³/mol. The summed E-state index contributed by atoms with van der Waals surface area (Å²) in [6.45, 7) is 15.1. The van der Waals surface area contributed by atoms with Crippen LogP contribution in [0.1, 0.15) is 106 Å². The van der Waals surface area contributed by atoms with Crippen molar-refractivity contribution < 1.29 is 44.9 Å². The topological polar surface area (TPSA) is 157 Å². The van der Waals surface area contributed by atoms with Gasteiger partial charge in [0.15, 0.2) is 0 Å². The SMILES string of the molecule is CC1CC[C@]2(C(=O)OC3OC(CO)C(O)C(O)C3O)CC[C@]3(C)C(=CCC4[C@@]5(C)CCC(O)C(C)(C)C5CC[C@]43C)C2[C@]1(C)O. The van der Waals surface area contributed by atoms with Crippen LogP contribution in [0.3, 0.4) is 0 Å². The quantitative estimate of drug-likeness (QED) is 0.202. The molecule has 10 unspecified atom stereocenters. The summed E-state index contributed by atoms with van der Waals surface area (Å²) in [7, 11) is 0. The summed E-state index contributed by atoms with van der Waals surface area (Å²) in [5.41, 5.74) is -1.51. The lowest BCUT2D eigenvalue weighted by Gasteiger charge is -2.71. The molecule has 9 nitrogen and oxygen atoms in total. The van der Waals surface area contributed by atoms with E-state index in [1.165, 1.54) is 0 Å². The largest absolute Gasteiger partial charge is 0.432 e. The Bertz CT molecular complexity index is 1210. The second-order valence-electron chi connectivity index (χ2n) is 17.5. The Morgan fingerprint density at radius 2 is 1.58 bits per heavy atom. The number of allylic oxidation sites excluding steroid dienone is 1. The first-order valence-corrected chi connectivity index (χ1v) is 17.5. The lowest BCUT2D eigenvalue weighted by Crippen LogP contribution is -2.68. The Morgan fingerprint density at radius 3 is 2.24 bits per heavy atom. The lowest BCUT2D eigenvalue weighted by atomic mass is 9.33. The maximum absolute atomic E-state index is 14.4. The van der Waals surface area contributed by atoms with Crippen LogP contribution in [0.2, 0.25) is 0 Å². The van der Waals surface area contributed by atoms with Crippen molar-refractivity contribution >= 4 is 5.97 Å². The molecule has 1 saturated heterocycles. The van der Waals surface area contributed by atoms with Crippen LogP contribution < -0.4 is 0 Å². The zero-order valence-corrected chi connectivity index (χ0v) is 28.3. The van der Waals surface area contributed by atoms with E-state index in [2.05, 4.69) is 40.7 Å². The van der Waals surface area contributed by atoms with Crippen LogP contribution in [0, 0.1) is 50.7 Å². The van der Waals surface area contributed by atoms with E-state index < -0.39 is 60.2 Å². The number of carbonyl (C=O) groups is 1. The van der Waals surface area contributed by atoms with Crippen LogP contribution in [0.4, 0.5) is 0 Å². The van der Waals surface area contributed by atoms with E-state index in [0.717, 1.165) is 44.1 Å². The van der Waals surface area contributed by atoms with Gasteiger partial charge in [0.2, 0.25) is 6.29 Å². The maximum atomic E-state index is 14.4. The van der Waals surface area contributed by atoms with Crippen LogP contribution in [0.5, 0.6) is 0 Å². The van der Waals surface area contributed by atoms with Crippen molar-refractivity contribution in [1.82, 2.24) is 0 Å². The summed E-state index contributed by atoms with van der Waals surface area (Å²) in [4.78, 5) is 14.4. The molecule has 45 heavy (non-hydrogen) atoms. The number of ether oxygens (including phenoxy) is 2. The molecule has 1 aliphatic heterocycles. The van der Waals surface area contributed by atoms with Crippen molar-refractivity contribution in [3.8, 4) is 0 Å².